The second kappa shape index (κ2) is 5.05. The number of nitrogens with zero attached hydrogens (tertiary/aromatic N) is 1. The quantitative estimate of drug-likeness (QED) is 0.800. The van der Waals surface area contributed by atoms with Crippen LogP contribution in [-0.4, -0.2) is 17.5 Å². The first-order chi connectivity index (χ1) is 8.06. The van der Waals surface area contributed by atoms with E-state index >= 15 is 0 Å². The maximum atomic E-state index is 13.0. The van der Waals surface area contributed by atoms with Crippen LogP contribution in [0, 0.1) is 11.7 Å². The van der Waals surface area contributed by atoms with Gasteiger partial charge in [-0.15, -0.1) is 0 Å². The van der Waals surface area contributed by atoms with Crippen molar-refractivity contribution in [1.29, 1.82) is 0 Å². The second-order valence-electron chi connectivity index (χ2n) is 5.29. The van der Waals surface area contributed by atoms with Gasteiger partial charge < -0.3 is 5.73 Å². The number of nitrogen functional groups attached to an aromatic ring is 1. The standard InChI is InChI=1S/C14H21FN2/c1-10-5-6-17(11(2)7-10)9-12-3-4-13(15)8-14(12)16/h3-4,8,10-11H,5-7,9,16H2,1-2H3. The van der Waals surface area contributed by atoms with Crippen LogP contribution in [0.5, 0.6) is 0 Å². The van der Waals surface area contributed by atoms with Gasteiger partial charge in [0.25, 0.3) is 0 Å². The zero-order valence-electron chi connectivity index (χ0n) is 10.6. The topological polar surface area (TPSA) is 29.3 Å². The molecule has 1 aromatic carbocycles. The zero-order valence-corrected chi connectivity index (χ0v) is 10.6. The molecule has 0 radical (unpaired) electrons. The highest BCUT2D eigenvalue weighted by molar-refractivity contribution is 5.46. The minimum absolute atomic E-state index is 0.258. The molecule has 0 bridgehead atoms. The summed E-state index contributed by atoms with van der Waals surface area (Å²) in [6.45, 7) is 6.51. The van der Waals surface area contributed by atoms with Gasteiger partial charge in [-0.25, -0.2) is 4.39 Å². The molecule has 1 heterocycles. The molecule has 2 rings (SSSR count). The van der Waals surface area contributed by atoms with Gasteiger partial charge in [-0.2, -0.15) is 0 Å². The lowest BCUT2D eigenvalue weighted by Gasteiger charge is -2.36. The molecule has 2 nitrogen and oxygen atoms in total. The Bertz CT molecular complexity index is 392. The van der Waals surface area contributed by atoms with Crippen LogP contribution in [0.1, 0.15) is 32.3 Å². The summed E-state index contributed by atoms with van der Waals surface area (Å²) in [6.07, 6.45) is 2.48. The first kappa shape index (κ1) is 12.4. The van der Waals surface area contributed by atoms with Gasteiger partial charge in [0.15, 0.2) is 0 Å². The molecule has 17 heavy (non-hydrogen) atoms. The van der Waals surface area contributed by atoms with Crippen molar-refractivity contribution in [2.24, 2.45) is 5.92 Å². The monoisotopic (exact) mass is 236 g/mol. The number of piperidine rings is 1. The molecule has 0 saturated carbocycles. The number of rotatable bonds is 2. The van der Waals surface area contributed by atoms with Crippen LogP contribution in [0.3, 0.4) is 0 Å². The maximum Gasteiger partial charge on any atom is 0.125 e. The van der Waals surface area contributed by atoms with Crippen LogP contribution in [0.4, 0.5) is 10.1 Å². The minimum Gasteiger partial charge on any atom is -0.398 e. The molecule has 0 aromatic heterocycles. The predicted octanol–water partition coefficient (Wildman–Crippen LogP) is 3.03. The molecule has 2 N–H and O–H groups in total. The van der Waals surface area contributed by atoms with Crippen LogP contribution in [0.15, 0.2) is 18.2 Å². The molecule has 0 amide bonds. The van der Waals surface area contributed by atoms with Crippen LogP contribution in [0.2, 0.25) is 0 Å². The van der Waals surface area contributed by atoms with E-state index in [2.05, 4.69) is 18.7 Å². The van der Waals surface area contributed by atoms with E-state index in [1.807, 2.05) is 0 Å². The molecule has 1 aliphatic heterocycles. The molecule has 1 aromatic rings. The molecular formula is C14H21FN2. The van der Waals surface area contributed by atoms with Crippen molar-refractivity contribution in [3.05, 3.63) is 29.6 Å². The van der Waals surface area contributed by atoms with Gasteiger partial charge in [0.2, 0.25) is 0 Å². The number of nitrogens with two attached hydrogens (primary N) is 1. The number of hydrogen-bond donors (Lipinski definition) is 1. The number of anilines is 1. The van der Waals surface area contributed by atoms with Crippen LogP contribution in [0.25, 0.3) is 0 Å². The third kappa shape index (κ3) is 2.97. The van der Waals surface area contributed by atoms with Gasteiger partial charge in [-0.3, -0.25) is 4.90 Å². The summed E-state index contributed by atoms with van der Waals surface area (Å²) in [5.74, 6) is 0.554. The summed E-state index contributed by atoms with van der Waals surface area (Å²) in [7, 11) is 0. The molecule has 1 aliphatic rings. The summed E-state index contributed by atoms with van der Waals surface area (Å²) in [6, 6.07) is 5.29. The van der Waals surface area contributed by atoms with Crippen LogP contribution in [-0.2, 0) is 6.54 Å². The number of hydrogen-bond acceptors (Lipinski definition) is 2. The van der Waals surface area contributed by atoms with Crippen molar-refractivity contribution in [2.45, 2.75) is 39.3 Å². The fraction of sp³-hybridized carbons (Fsp3) is 0.571. The normalized spacial score (nSPS) is 26.1. The van der Waals surface area contributed by atoms with Gasteiger partial charge >= 0.3 is 0 Å². The van der Waals surface area contributed by atoms with Crippen LogP contribution < -0.4 is 5.73 Å². The van der Waals surface area contributed by atoms with E-state index in [-0.39, 0.29) is 5.82 Å². The fourth-order valence-corrected chi connectivity index (χ4v) is 2.62. The van der Waals surface area contributed by atoms with Gasteiger partial charge in [0.05, 0.1) is 0 Å². The predicted molar refractivity (Wildman–Crippen MR) is 69.1 cm³/mol. The first-order valence-corrected chi connectivity index (χ1v) is 6.34. The molecule has 0 aliphatic carbocycles. The van der Waals surface area contributed by atoms with Crippen molar-refractivity contribution >= 4 is 5.69 Å². The maximum absolute atomic E-state index is 13.0. The Morgan fingerprint density at radius 3 is 2.82 bits per heavy atom. The molecule has 3 heteroatoms. The van der Waals surface area contributed by atoms with E-state index < -0.39 is 0 Å². The second-order valence-corrected chi connectivity index (χ2v) is 5.29. The summed E-state index contributed by atoms with van der Waals surface area (Å²) in [5, 5.41) is 0. The first-order valence-electron chi connectivity index (χ1n) is 6.34. The van der Waals surface area contributed by atoms with Crippen LogP contribution >= 0.6 is 0 Å². The lowest BCUT2D eigenvalue weighted by atomic mass is 9.93. The minimum atomic E-state index is -0.258. The Hall–Kier alpha value is -1.09. The number of halogens is 1. The third-order valence-electron chi connectivity index (χ3n) is 3.76. The number of likely N-dealkylation sites (tertiary alicyclic amines) is 1. The third-order valence-corrected chi connectivity index (χ3v) is 3.76. The molecule has 94 valence electrons. The van der Waals surface area contributed by atoms with Gasteiger partial charge in [-0.1, -0.05) is 13.0 Å². The lowest BCUT2D eigenvalue weighted by molar-refractivity contribution is 0.122. The average molecular weight is 236 g/mol. The summed E-state index contributed by atoms with van der Waals surface area (Å²) >= 11 is 0. The number of benzene rings is 1. The Morgan fingerprint density at radius 1 is 1.41 bits per heavy atom. The Labute approximate surface area is 103 Å². The molecule has 1 saturated heterocycles. The van der Waals surface area contributed by atoms with E-state index in [1.54, 1.807) is 6.07 Å². The van der Waals surface area contributed by atoms with E-state index in [1.165, 1.54) is 25.0 Å². The lowest BCUT2D eigenvalue weighted by Crippen LogP contribution is -2.39. The average Bonchev–Trinajstić information content (AvgIpc) is 2.25. The van der Waals surface area contributed by atoms with Crippen molar-refractivity contribution in [3.8, 4) is 0 Å². The highest BCUT2D eigenvalue weighted by Gasteiger charge is 2.23. The van der Waals surface area contributed by atoms with E-state index in [0.717, 1.165) is 24.6 Å². The Balaban J connectivity index is 2.05. The highest BCUT2D eigenvalue weighted by Crippen LogP contribution is 2.25. The van der Waals surface area contributed by atoms with Gasteiger partial charge in [-0.05, 0) is 49.9 Å². The molecule has 1 fully saturated rings. The zero-order chi connectivity index (χ0) is 12.4. The summed E-state index contributed by atoms with van der Waals surface area (Å²) in [5.41, 5.74) is 7.45. The van der Waals surface area contributed by atoms with Crippen molar-refractivity contribution in [3.63, 3.8) is 0 Å². The molecular weight excluding hydrogens is 215 g/mol. The molecule has 2 atom stereocenters. The van der Waals surface area contributed by atoms with E-state index in [0.29, 0.717) is 11.7 Å². The summed E-state index contributed by atoms with van der Waals surface area (Å²) < 4.78 is 13.0. The molecule has 0 spiro atoms. The summed E-state index contributed by atoms with van der Waals surface area (Å²) in [4.78, 5) is 2.43. The Morgan fingerprint density at radius 2 is 2.18 bits per heavy atom. The van der Waals surface area contributed by atoms with Gasteiger partial charge in [0, 0.05) is 18.3 Å². The van der Waals surface area contributed by atoms with Crippen molar-refractivity contribution in [2.75, 3.05) is 12.3 Å². The fourth-order valence-electron chi connectivity index (χ4n) is 2.62. The van der Waals surface area contributed by atoms with E-state index in [9.17, 15) is 4.39 Å². The smallest absolute Gasteiger partial charge is 0.125 e. The van der Waals surface area contributed by atoms with Crippen molar-refractivity contribution < 1.29 is 4.39 Å². The largest absolute Gasteiger partial charge is 0.398 e. The van der Waals surface area contributed by atoms with Crippen molar-refractivity contribution in [1.82, 2.24) is 4.90 Å². The Kier molecular flexibility index (Phi) is 3.67. The van der Waals surface area contributed by atoms with Gasteiger partial charge in [0.1, 0.15) is 5.82 Å². The molecule has 2 unspecified atom stereocenters. The highest BCUT2D eigenvalue weighted by atomic mass is 19.1. The SMILES string of the molecule is CC1CCN(Cc2ccc(F)cc2N)C(C)C1. The van der Waals surface area contributed by atoms with E-state index in [4.69, 9.17) is 5.73 Å².